The van der Waals surface area contributed by atoms with Crippen LogP contribution in [0, 0.1) is 5.92 Å². The van der Waals surface area contributed by atoms with Gasteiger partial charge in [0.15, 0.2) is 0 Å². The van der Waals surface area contributed by atoms with Gasteiger partial charge in [0.25, 0.3) is 0 Å². The van der Waals surface area contributed by atoms with Gasteiger partial charge >= 0.3 is 0 Å². The van der Waals surface area contributed by atoms with Crippen molar-refractivity contribution in [2.75, 3.05) is 16.6 Å². The predicted octanol–water partition coefficient (Wildman–Crippen LogP) is 1.53. The Bertz CT molecular complexity index is 510. The van der Waals surface area contributed by atoms with Crippen LogP contribution in [0.4, 0.5) is 5.69 Å². The van der Waals surface area contributed by atoms with Crippen LogP contribution in [0.3, 0.4) is 0 Å². The molecular formula is C12H17NO3S. The van der Waals surface area contributed by atoms with Gasteiger partial charge in [-0.25, -0.2) is 8.42 Å². The van der Waals surface area contributed by atoms with E-state index in [0.29, 0.717) is 17.8 Å². The quantitative estimate of drug-likeness (QED) is 0.871. The second-order valence-electron chi connectivity index (χ2n) is 4.78. The molecule has 0 radical (unpaired) electrons. The number of benzene rings is 1. The van der Waals surface area contributed by atoms with Gasteiger partial charge in [0.1, 0.15) is 0 Å². The number of hydrogen-bond acceptors (Lipinski definition) is 3. The summed E-state index contributed by atoms with van der Waals surface area (Å²) in [7, 11) is -3.40. The lowest BCUT2D eigenvalue weighted by atomic mass is 10.1. The predicted molar refractivity (Wildman–Crippen MR) is 67.4 cm³/mol. The third-order valence-electron chi connectivity index (χ3n) is 2.80. The Hall–Kier alpha value is -1.07. The van der Waals surface area contributed by atoms with E-state index in [-0.39, 0.29) is 11.7 Å². The van der Waals surface area contributed by atoms with Crippen molar-refractivity contribution >= 4 is 15.7 Å². The minimum Gasteiger partial charge on any atom is -0.387 e. The minimum absolute atomic E-state index is 0.225. The Morgan fingerprint density at radius 3 is 2.71 bits per heavy atom. The molecule has 1 aromatic carbocycles. The third kappa shape index (κ3) is 2.30. The molecular weight excluding hydrogens is 238 g/mol. The van der Waals surface area contributed by atoms with Crippen LogP contribution in [0.25, 0.3) is 0 Å². The summed E-state index contributed by atoms with van der Waals surface area (Å²) >= 11 is 0. The lowest BCUT2D eigenvalue weighted by Crippen LogP contribution is -2.41. The molecule has 17 heavy (non-hydrogen) atoms. The molecule has 1 N–H and O–H groups in total. The van der Waals surface area contributed by atoms with E-state index >= 15 is 0 Å². The lowest BCUT2D eigenvalue weighted by Gasteiger charge is -2.34. The standard InChI is InChI=1S/C12H17NO3S/c1-9(2)7-13-11-6-4-3-5-10(11)12(14)8-17(13,15)16/h3-6,9,12,14H,7-8H2,1-2H3/t12-/m0/s1. The monoisotopic (exact) mass is 255 g/mol. The SMILES string of the molecule is CC(C)CN1c2ccccc2[C@@H](O)CS1(=O)=O. The number of rotatable bonds is 2. The van der Waals surface area contributed by atoms with Crippen molar-refractivity contribution in [1.29, 1.82) is 0 Å². The summed E-state index contributed by atoms with van der Waals surface area (Å²) in [5.74, 6) is 0.0181. The first-order valence-electron chi connectivity index (χ1n) is 5.69. The Morgan fingerprint density at radius 2 is 2.06 bits per heavy atom. The van der Waals surface area contributed by atoms with E-state index in [1.807, 2.05) is 19.9 Å². The van der Waals surface area contributed by atoms with Gasteiger partial charge in [0, 0.05) is 12.1 Å². The molecule has 0 amide bonds. The first-order valence-corrected chi connectivity index (χ1v) is 7.30. The average molecular weight is 255 g/mol. The number of sulfonamides is 1. The van der Waals surface area contributed by atoms with E-state index < -0.39 is 16.1 Å². The Labute approximate surface area is 102 Å². The maximum Gasteiger partial charge on any atom is 0.238 e. The molecule has 2 rings (SSSR count). The third-order valence-corrected chi connectivity index (χ3v) is 4.55. The van der Waals surface area contributed by atoms with Gasteiger partial charge in [-0.15, -0.1) is 0 Å². The molecule has 0 unspecified atom stereocenters. The normalized spacial score (nSPS) is 22.6. The molecule has 1 heterocycles. The van der Waals surface area contributed by atoms with E-state index in [9.17, 15) is 13.5 Å². The van der Waals surface area contributed by atoms with Gasteiger partial charge in [0.05, 0.1) is 17.5 Å². The molecule has 5 heteroatoms. The van der Waals surface area contributed by atoms with Crippen LogP contribution < -0.4 is 4.31 Å². The van der Waals surface area contributed by atoms with E-state index in [1.54, 1.807) is 18.2 Å². The van der Waals surface area contributed by atoms with Gasteiger partial charge in [0.2, 0.25) is 10.0 Å². The Balaban J connectivity index is 2.51. The highest BCUT2D eigenvalue weighted by Gasteiger charge is 2.34. The molecule has 0 fully saturated rings. The van der Waals surface area contributed by atoms with E-state index in [1.165, 1.54) is 4.31 Å². The smallest absolute Gasteiger partial charge is 0.238 e. The summed E-state index contributed by atoms with van der Waals surface area (Å²) in [5.41, 5.74) is 1.31. The van der Waals surface area contributed by atoms with Gasteiger partial charge in [-0.1, -0.05) is 32.0 Å². The molecule has 0 saturated carbocycles. The van der Waals surface area contributed by atoms with Gasteiger partial charge in [-0.05, 0) is 12.0 Å². The summed E-state index contributed by atoms with van der Waals surface area (Å²) in [6.45, 7) is 4.40. The molecule has 1 atom stereocenters. The second-order valence-corrected chi connectivity index (χ2v) is 6.72. The zero-order valence-corrected chi connectivity index (χ0v) is 10.8. The zero-order chi connectivity index (χ0) is 12.6. The fraction of sp³-hybridized carbons (Fsp3) is 0.500. The maximum atomic E-state index is 12.1. The van der Waals surface area contributed by atoms with Gasteiger partial charge in [-0.3, -0.25) is 4.31 Å². The molecule has 1 aromatic rings. The highest BCUT2D eigenvalue weighted by molar-refractivity contribution is 7.92. The van der Waals surface area contributed by atoms with Crippen LogP contribution in [-0.2, 0) is 10.0 Å². The van der Waals surface area contributed by atoms with E-state index in [0.717, 1.165) is 0 Å². The summed E-state index contributed by atoms with van der Waals surface area (Å²) in [6.07, 6.45) is -0.917. The van der Waals surface area contributed by atoms with Crippen molar-refractivity contribution in [2.45, 2.75) is 20.0 Å². The Kier molecular flexibility index (Phi) is 3.14. The first-order chi connectivity index (χ1) is 7.92. The number of para-hydroxylation sites is 1. The molecule has 0 spiro atoms. The largest absolute Gasteiger partial charge is 0.387 e. The highest BCUT2D eigenvalue weighted by atomic mass is 32.2. The van der Waals surface area contributed by atoms with Crippen LogP contribution in [0.1, 0.15) is 25.5 Å². The summed E-state index contributed by atoms with van der Waals surface area (Å²) < 4.78 is 25.5. The molecule has 0 aliphatic carbocycles. The van der Waals surface area contributed by atoms with Crippen molar-refractivity contribution in [2.24, 2.45) is 5.92 Å². The highest BCUT2D eigenvalue weighted by Crippen LogP contribution is 2.35. The number of fused-ring (bicyclic) bond motifs is 1. The van der Waals surface area contributed by atoms with Gasteiger partial charge < -0.3 is 5.11 Å². The van der Waals surface area contributed by atoms with Crippen molar-refractivity contribution in [3.05, 3.63) is 29.8 Å². The minimum atomic E-state index is -3.40. The van der Waals surface area contributed by atoms with Crippen molar-refractivity contribution in [3.8, 4) is 0 Å². The molecule has 1 aliphatic rings. The van der Waals surface area contributed by atoms with Crippen LogP contribution in [0.5, 0.6) is 0 Å². The topological polar surface area (TPSA) is 57.6 Å². The number of nitrogens with zero attached hydrogens (tertiary/aromatic N) is 1. The second kappa shape index (κ2) is 4.31. The maximum absolute atomic E-state index is 12.1. The van der Waals surface area contributed by atoms with Crippen LogP contribution in [0.15, 0.2) is 24.3 Å². The van der Waals surface area contributed by atoms with Crippen LogP contribution >= 0.6 is 0 Å². The fourth-order valence-corrected chi connectivity index (χ4v) is 3.82. The Morgan fingerprint density at radius 1 is 1.41 bits per heavy atom. The van der Waals surface area contributed by atoms with E-state index in [2.05, 4.69) is 0 Å². The summed E-state index contributed by atoms with van der Waals surface area (Å²) in [5, 5.41) is 9.84. The number of anilines is 1. The van der Waals surface area contributed by atoms with Crippen molar-refractivity contribution in [1.82, 2.24) is 0 Å². The number of hydrogen-bond donors (Lipinski definition) is 1. The summed E-state index contributed by atoms with van der Waals surface area (Å²) in [4.78, 5) is 0. The molecule has 0 bridgehead atoms. The van der Waals surface area contributed by atoms with Crippen molar-refractivity contribution in [3.63, 3.8) is 0 Å². The van der Waals surface area contributed by atoms with Gasteiger partial charge in [-0.2, -0.15) is 0 Å². The van der Waals surface area contributed by atoms with Crippen LogP contribution in [0.2, 0.25) is 0 Å². The first kappa shape index (κ1) is 12.4. The molecule has 1 aliphatic heterocycles. The molecule has 0 saturated heterocycles. The van der Waals surface area contributed by atoms with Crippen molar-refractivity contribution < 1.29 is 13.5 Å². The average Bonchev–Trinajstić information content (AvgIpc) is 2.23. The van der Waals surface area contributed by atoms with E-state index in [4.69, 9.17) is 0 Å². The zero-order valence-electron chi connectivity index (χ0n) is 10.00. The molecule has 0 aromatic heterocycles. The molecule has 4 nitrogen and oxygen atoms in total. The lowest BCUT2D eigenvalue weighted by molar-refractivity contribution is 0.200. The number of aliphatic hydroxyl groups excluding tert-OH is 1. The fourth-order valence-electron chi connectivity index (χ4n) is 2.07. The summed E-state index contributed by atoms with van der Waals surface area (Å²) in [6, 6.07) is 7.13. The van der Waals surface area contributed by atoms with Crippen LogP contribution in [-0.4, -0.2) is 25.8 Å². The number of aliphatic hydroxyl groups is 1. The molecule has 94 valence electrons.